The van der Waals surface area contributed by atoms with Crippen molar-refractivity contribution in [2.24, 2.45) is 11.8 Å². The van der Waals surface area contributed by atoms with Crippen LogP contribution in [0.3, 0.4) is 0 Å². The van der Waals surface area contributed by atoms with Crippen LogP contribution in [-0.2, 0) is 28.5 Å². The number of morpholine rings is 2. The second-order valence-electron chi connectivity index (χ2n) is 17.8. The summed E-state index contributed by atoms with van der Waals surface area (Å²) in [5.41, 5.74) is 12.0. The fourth-order valence-corrected chi connectivity index (χ4v) is 8.48. The smallest absolute Gasteiger partial charge is 0.427 e. The number of hydrogen-bond donors (Lipinski definition) is 4. The van der Waals surface area contributed by atoms with Gasteiger partial charge in [0.15, 0.2) is 47.9 Å². The van der Waals surface area contributed by atoms with Crippen LogP contribution in [0.1, 0.15) is 98.2 Å². The number of hydrogen-bond acceptors (Lipinski definition) is 22. The number of nitrogens with zero attached hydrogens (tertiary/aromatic N) is 3. The highest BCUT2D eigenvalue weighted by Crippen LogP contribution is 2.35. The van der Waals surface area contributed by atoms with E-state index >= 15 is 0 Å². The number of nitro benzene ring substituents is 1. The maximum absolute atomic E-state index is 13.2. The third-order valence-corrected chi connectivity index (χ3v) is 12.4. The van der Waals surface area contributed by atoms with Crippen LogP contribution in [0.5, 0.6) is 17.2 Å². The van der Waals surface area contributed by atoms with E-state index in [4.69, 9.17) is 59.7 Å². The Morgan fingerprint density at radius 1 is 0.610 bits per heavy atom. The summed E-state index contributed by atoms with van der Waals surface area (Å²) in [4.78, 5) is 134. The molecule has 2 heterocycles. The lowest BCUT2D eigenvalue weighted by Gasteiger charge is -2.27. The molecule has 0 spiro atoms. The number of rotatable bonds is 17. The Kier molecular flexibility index (Phi) is 17.5. The fourth-order valence-electron chi connectivity index (χ4n) is 8.48. The van der Waals surface area contributed by atoms with Crippen LogP contribution in [-0.4, -0.2) is 153 Å². The molecule has 2 atom stereocenters. The molecule has 0 saturated carbocycles. The zero-order valence-corrected chi connectivity index (χ0v) is 44.2. The van der Waals surface area contributed by atoms with E-state index in [0.717, 1.165) is 0 Å². The zero-order chi connectivity index (χ0) is 72.9. The van der Waals surface area contributed by atoms with E-state index in [9.17, 15) is 58.1 Å². The van der Waals surface area contributed by atoms with Crippen LogP contribution in [0.15, 0.2) is 109 Å². The molecule has 2 saturated heterocycles. The number of ketones is 6. The molecule has 5 aromatic rings. The first kappa shape index (κ1) is 50.5. The molecule has 2 fully saturated rings. The molecule has 3 amide bonds. The molecule has 82 heavy (non-hydrogen) atoms. The van der Waals surface area contributed by atoms with E-state index < -0.39 is 75.5 Å². The van der Waals surface area contributed by atoms with Gasteiger partial charge in [-0.25, -0.2) is 29.2 Å². The molecule has 4 aliphatic rings. The average Bonchev–Trinajstić information content (AvgIpc) is 1.62. The van der Waals surface area contributed by atoms with Crippen molar-refractivity contribution in [1.29, 1.82) is 0 Å². The van der Waals surface area contributed by atoms with E-state index in [1.807, 2.05) is 0 Å². The first-order chi connectivity index (χ1) is 46.5. The van der Waals surface area contributed by atoms with Gasteiger partial charge in [-0.05, 0) is 86.6 Å². The summed E-state index contributed by atoms with van der Waals surface area (Å²) in [6.07, 6.45) is -0.629. The molecule has 0 radical (unpaired) electrons. The fraction of sp³-hybridized carbons (Fsp3) is 0.286. The molecule has 444 valence electrons. The Balaban J connectivity index is 0. The Bertz CT molecular complexity index is 3290. The summed E-state index contributed by atoms with van der Waals surface area (Å²) >= 11 is 0. The number of ether oxygens (including phenoxy) is 7. The third-order valence-electron chi connectivity index (χ3n) is 12.4. The lowest BCUT2D eigenvalue weighted by atomic mass is 9.93. The Morgan fingerprint density at radius 3 is 1.51 bits per heavy atom. The molecule has 26 nitrogen and oxygen atoms in total. The summed E-state index contributed by atoms with van der Waals surface area (Å²) in [7, 11) is 0. The molecule has 26 heteroatoms. The monoisotopic (exact) mass is 1160 g/mol. The summed E-state index contributed by atoms with van der Waals surface area (Å²) in [6.45, 7) is 7.61. The van der Waals surface area contributed by atoms with E-state index in [2.05, 4.69) is 16.2 Å². The molecule has 0 bridgehead atoms. The van der Waals surface area contributed by atoms with Crippen molar-refractivity contribution >= 4 is 75.8 Å². The topological polar surface area (TPSA) is 347 Å². The highest BCUT2D eigenvalue weighted by molar-refractivity contribution is 6.40. The van der Waals surface area contributed by atoms with E-state index in [-0.39, 0.29) is 84.0 Å². The largest absolute Gasteiger partial charge is 0.482 e. The van der Waals surface area contributed by atoms with Crippen LogP contribution < -0.4 is 36.1 Å². The van der Waals surface area contributed by atoms with Crippen LogP contribution >= 0.6 is 0 Å². The highest BCUT2D eigenvalue weighted by Gasteiger charge is 2.46. The van der Waals surface area contributed by atoms with Crippen LogP contribution in [0.25, 0.3) is 0 Å². The molecule has 2 unspecified atom stereocenters. The van der Waals surface area contributed by atoms with Gasteiger partial charge in [-0.1, -0.05) is 24.3 Å². The minimum atomic E-state index is -1.54. The molecule has 2 aliphatic heterocycles. The van der Waals surface area contributed by atoms with Gasteiger partial charge < -0.3 is 44.2 Å². The number of hydrazine groups is 2. The van der Waals surface area contributed by atoms with Gasteiger partial charge in [0.05, 0.1) is 61.4 Å². The molecular formula is C56H71N7O19. The Labute approximate surface area is 490 Å². The number of non-ortho nitro benzene ring substituents is 1. The summed E-state index contributed by atoms with van der Waals surface area (Å²) in [6, 6.07) is 25.4. The highest BCUT2D eigenvalue weighted by atomic mass is 16.6. The summed E-state index contributed by atoms with van der Waals surface area (Å²) < 4.78 is 105. The molecule has 2 aliphatic carbocycles. The SMILES string of the molecule is CCOC(=O)COc1ccc(C(=O)C2C(=O)c3cccc(N)c3C2=O)cc1.CCOC(=O)COc1ccc(C(=O)C2C(=O)c3cccc(NC(=O)NN4CCOCC4)c3C2=O)cc1.O=C(NN1CCOCC1)Oc1ccc([N+](=O)[O-])cc1.[2HH].[2H][2H].[2H][2H].[2H][2H].[2H][2H].[2H][2H].[2H][2H].[2H][2H]. The number of nitrogen functional groups attached to an aromatic ring is 1. The van der Waals surface area contributed by atoms with Gasteiger partial charge in [-0.3, -0.25) is 49.7 Å². The van der Waals surface area contributed by atoms with Crippen LogP contribution in [0.4, 0.5) is 26.7 Å². The van der Waals surface area contributed by atoms with Crippen molar-refractivity contribution in [3.05, 3.63) is 153 Å². The minimum Gasteiger partial charge on any atom is -0.482 e. The van der Waals surface area contributed by atoms with Crippen molar-refractivity contribution in [1.82, 2.24) is 20.9 Å². The maximum atomic E-state index is 13.2. The number of anilines is 2. The van der Waals surface area contributed by atoms with Gasteiger partial charge in [-0.15, -0.1) is 0 Å². The summed E-state index contributed by atoms with van der Waals surface area (Å²) in [5.74, 6) is -6.76. The minimum absolute atomic E-state index is 0. The van der Waals surface area contributed by atoms with Crippen molar-refractivity contribution in [3.8, 4) is 17.2 Å². The van der Waals surface area contributed by atoms with Gasteiger partial charge in [0.25, 0.3) is 5.69 Å². The lowest BCUT2D eigenvalue weighted by Crippen LogP contribution is -2.49. The normalized spacial score (nSPS) is 17.0. The number of benzene rings is 5. The molecule has 5 aromatic carbocycles. The number of urea groups is 1. The number of amides is 3. The molecule has 0 aromatic heterocycles. The Morgan fingerprint density at radius 2 is 1.05 bits per heavy atom. The number of nitrogens with two attached hydrogens (primary N) is 1. The van der Waals surface area contributed by atoms with Gasteiger partial charge in [-0.2, -0.15) is 0 Å². The molecule has 5 N–H and O–H groups in total. The van der Waals surface area contributed by atoms with E-state index in [0.29, 0.717) is 64.1 Å². The average molecular weight is 1160 g/mol. The predicted molar refractivity (Wildman–Crippen MR) is 304 cm³/mol. The van der Waals surface area contributed by atoms with Gasteiger partial charge in [0.2, 0.25) is 0 Å². The maximum Gasteiger partial charge on any atom is 0.427 e. The molecular weight excluding hydrogens is 1070 g/mol. The molecule has 9 rings (SSSR count). The first-order valence-corrected chi connectivity index (χ1v) is 25.5. The third kappa shape index (κ3) is 15.3. The van der Waals surface area contributed by atoms with E-state index in [1.165, 1.54) is 103 Å². The second kappa shape index (κ2) is 28.4. The second-order valence-corrected chi connectivity index (χ2v) is 17.8. The van der Waals surface area contributed by atoms with Crippen molar-refractivity contribution in [2.75, 3.05) is 90.1 Å². The van der Waals surface area contributed by atoms with Crippen molar-refractivity contribution in [2.45, 2.75) is 13.8 Å². The van der Waals surface area contributed by atoms with Crippen molar-refractivity contribution in [3.63, 3.8) is 0 Å². The zero-order valence-electron chi connectivity index (χ0n) is 58.2. The number of nitro groups is 1. The van der Waals surface area contributed by atoms with Crippen molar-refractivity contribution < 1.29 is 108 Å². The predicted octanol–water partition coefficient (Wildman–Crippen LogP) is 6.86. The first-order valence-electron chi connectivity index (χ1n) is 32.5. The number of carbonyl (C=O) groups excluding carboxylic acids is 10. The van der Waals surface area contributed by atoms with Gasteiger partial charge in [0.1, 0.15) is 29.1 Å². The van der Waals surface area contributed by atoms with Crippen LogP contribution in [0, 0.1) is 22.0 Å². The Hall–Kier alpha value is -9.76. The van der Waals surface area contributed by atoms with Gasteiger partial charge in [0, 0.05) is 88.5 Å². The summed E-state index contributed by atoms with van der Waals surface area (Å²) in [5, 5.41) is 16.4. The van der Waals surface area contributed by atoms with E-state index in [1.54, 1.807) is 29.9 Å². The number of carbonyl (C=O) groups is 10. The lowest BCUT2D eigenvalue weighted by molar-refractivity contribution is -0.384. The number of fused-ring (bicyclic) bond motifs is 2. The standard InChI is InChI=1S/C25H25N3O8.C20H17NO6.C11H13N3O5.8H2/c1-2-35-19(29)14-36-16-8-6-15(7-9-16)22(30)21-23(31)17-4-3-5-18(20(17)24(21)32)26-25(33)27-28-10-12-34-13-11-28;1-2-26-15(22)10-27-12-8-6-11(7-9-12)18(23)17-19(24)13-4-3-5-14(21)16(13)20(17)25;15-11(12-13-5-7-18-8-6-13)19-10-3-1-9(2-4-10)14(16)17;;;;;;;;/h3-9,21H,2,10-14H2,1H3,(H2,26,27,33);3-9,17H,2,10,21H2,1H3;1-4H,5-8H2,(H,12,15);8*1H/i;;;7*1+1D;1+1. The quantitative estimate of drug-likeness (QED) is 0.0184. The van der Waals surface area contributed by atoms with Crippen LogP contribution in [0.2, 0.25) is 0 Å². The number of nitrogens with one attached hydrogen (secondary N) is 3. The number of Topliss-reactive ketones (excluding diaryl/α,β-unsaturated/α-hetero) is 6. The van der Waals surface area contributed by atoms with Gasteiger partial charge >= 0.3 is 24.1 Å². The number of esters is 2.